The van der Waals surface area contributed by atoms with Gasteiger partial charge in [-0.3, -0.25) is 24.0 Å². The Hall–Kier alpha value is -3.47. The van der Waals surface area contributed by atoms with E-state index in [2.05, 4.69) is 21.3 Å². The standard InChI is InChI=1S/C29H43N5O6/c1-19(2)25-28(38)30-14-9-16-34(29(39)23-12-8-17-40-23)15-7-13-24(35)32-22(18-21-10-5-4-6-11-21)27(37)31-20(3)26(36)33-25/h4-6,10-11,19-20,22-23,25H,7-9,12-18H2,1-3H3,(H,30,38)(H,31,37)(H,32,35)(H,33,36)/t20-,22+,23+,25-/m1/s1. The number of hydrogen-bond donors (Lipinski definition) is 4. The Kier molecular flexibility index (Phi) is 11.9. The van der Waals surface area contributed by atoms with Gasteiger partial charge in [0.25, 0.3) is 5.91 Å². The molecule has 0 bridgehead atoms. The van der Waals surface area contributed by atoms with Crippen LogP contribution in [0.1, 0.15) is 58.4 Å². The molecule has 2 aliphatic rings. The number of benzene rings is 1. The number of hydrogen-bond acceptors (Lipinski definition) is 6. The number of rotatable bonds is 4. The third kappa shape index (κ3) is 9.32. The van der Waals surface area contributed by atoms with Gasteiger partial charge in [0, 0.05) is 39.1 Å². The molecule has 5 amide bonds. The lowest BCUT2D eigenvalue weighted by Crippen LogP contribution is -2.57. The molecule has 1 aromatic carbocycles. The molecule has 11 heteroatoms. The first kappa shape index (κ1) is 31.1. The summed E-state index contributed by atoms with van der Waals surface area (Å²) in [7, 11) is 0. The fourth-order valence-corrected chi connectivity index (χ4v) is 4.85. The Morgan fingerprint density at radius 1 is 0.950 bits per heavy atom. The van der Waals surface area contributed by atoms with Gasteiger partial charge in [-0.25, -0.2) is 0 Å². The van der Waals surface area contributed by atoms with E-state index in [1.54, 1.807) is 11.8 Å². The van der Waals surface area contributed by atoms with Crippen LogP contribution in [-0.4, -0.2) is 84.9 Å². The number of carbonyl (C=O) groups is 5. The van der Waals surface area contributed by atoms with Crippen LogP contribution in [0.3, 0.4) is 0 Å². The Bertz CT molecular complexity index is 1030. The predicted molar refractivity (Wildman–Crippen MR) is 149 cm³/mol. The van der Waals surface area contributed by atoms with Crippen LogP contribution in [0, 0.1) is 5.92 Å². The molecule has 0 saturated carbocycles. The monoisotopic (exact) mass is 557 g/mol. The molecule has 0 aromatic heterocycles. The van der Waals surface area contributed by atoms with Gasteiger partial charge in [-0.1, -0.05) is 44.2 Å². The molecule has 40 heavy (non-hydrogen) atoms. The first-order valence-corrected chi connectivity index (χ1v) is 14.3. The Balaban J connectivity index is 1.78. The third-order valence-electron chi connectivity index (χ3n) is 7.19. The summed E-state index contributed by atoms with van der Waals surface area (Å²) < 4.78 is 5.59. The first-order valence-electron chi connectivity index (χ1n) is 14.3. The van der Waals surface area contributed by atoms with Gasteiger partial charge < -0.3 is 30.9 Å². The lowest BCUT2D eigenvalue weighted by molar-refractivity contribution is -0.141. The first-order chi connectivity index (χ1) is 19.2. The minimum Gasteiger partial charge on any atom is -0.368 e. The number of ether oxygens (including phenoxy) is 1. The highest BCUT2D eigenvalue weighted by Gasteiger charge is 2.31. The minimum absolute atomic E-state index is 0.110. The zero-order valence-electron chi connectivity index (χ0n) is 23.7. The second-order valence-electron chi connectivity index (χ2n) is 10.8. The van der Waals surface area contributed by atoms with Crippen molar-refractivity contribution < 1.29 is 28.7 Å². The second kappa shape index (κ2) is 15.4. The molecular formula is C29H43N5O6. The van der Waals surface area contributed by atoms with Crippen LogP contribution in [0.25, 0.3) is 0 Å². The molecule has 1 aromatic rings. The van der Waals surface area contributed by atoms with Crippen LogP contribution < -0.4 is 21.3 Å². The van der Waals surface area contributed by atoms with E-state index < -0.39 is 36.0 Å². The summed E-state index contributed by atoms with van der Waals surface area (Å²) >= 11 is 0. The average molecular weight is 558 g/mol. The van der Waals surface area contributed by atoms with Gasteiger partial charge in [-0.2, -0.15) is 0 Å². The topological polar surface area (TPSA) is 146 Å². The van der Waals surface area contributed by atoms with Crippen LogP contribution >= 0.6 is 0 Å². The van der Waals surface area contributed by atoms with E-state index in [4.69, 9.17) is 4.74 Å². The highest BCUT2D eigenvalue weighted by molar-refractivity contribution is 5.94. The lowest BCUT2D eigenvalue weighted by atomic mass is 10.0. The van der Waals surface area contributed by atoms with Crippen molar-refractivity contribution in [2.24, 2.45) is 5.92 Å². The number of nitrogens with zero attached hydrogens (tertiary/aromatic N) is 1. The van der Waals surface area contributed by atoms with Crippen LogP contribution in [0.5, 0.6) is 0 Å². The van der Waals surface area contributed by atoms with E-state index >= 15 is 0 Å². The zero-order chi connectivity index (χ0) is 29.1. The van der Waals surface area contributed by atoms with Crippen LogP contribution in [0.15, 0.2) is 30.3 Å². The van der Waals surface area contributed by atoms with Crippen molar-refractivity contribution in [3.05, 3.63) is 35.9 Å². The summed E-state index contributed by atoms with van der Waals surface area (Å²) in [6.07, 6.45) is 2.30. The van der Waals surface area contributed by atoms with Gasteiger partial charge >= 0.3 is 0 Å². The predicted octanol–water partition coefficient (Wildman–Crippen LogP) is 0.667. The van der Waals surface area contributed by atoms with Gasteiger partial charge in [0.2, 0.25) is 23.6 Å². The summed E-state index contributed by atoms with van der Waals surface area (Å²) in [6.45, 7) is 6.82. The Morgan fingerprint density at radius 3 is 2.35 bits per heavy atom. The summed E-state index contributed by atoms with van der Waals surface area (Å²) in [5, 5.41) is 11.1. The van der Waals surface area contributed by atoms with E-state index in [0.29, 0.717) is 45.5 Å². The van der Waals surface area contributed by atoms with E-state index in [0.717, 1.165) is 12.0 Å². The smallest absolute Gasteiger partial charge is 0.251 e. The average Bonchev–Trinajstić information content (AvgIpc) is 3.47. The summed E-state index contributed by atoms with van der Waals surface area (Å²) in [5.41, 5.74) is 0.854. The largest absolute Gasteiger partial charge is 0.368 e. The fourth-order valence-electron chi connectivity index (χ4n) is 4.85. The van der Waals surface area contributed by atoms with Gasteiger partial charge in [0.05, 0.1) is 0 Å². The highest BCUT2D eigenvalue weighted by Crippen LogP contribution is 2.16. The molecule has 0 unspecified atom stereocenters. The molecule has 2 fully saturated rings. The molecule has 11 nitrogen and oxygen atoms in total. The normalized spacial score (nSPS) is 26.2. The molecule has 2 heterocycles. The van der Waals surface area contributed by atoms with E-state index in [1.165, 1.54) is 0 Å². The van der Waals surface area contributed by atoms with Crippen LogP contribution in [0.2, 0.25) is 0 Å². The fraction of sp³-hybridized carbons (Fsp3) is 0.621. The molecular weight excluding hydrogens is 514 g/mol. The second-order valence-corrected chi connectivity index (χ2v) is 10.8. The number of nitrogens with one attached hydrogen (secondary N) is 4. The van der Waals surface area contributed by atoms with Gasteiger partial charge in [-0.15, -0.1) is 0 Å². The van der Waals surface area contributed by atoms with Crippen LogP contribution in [0.4, 0.5) is 0 Å². The minimum atomic E-state index is -0.923. The summed E-state index contributed by atoms with van der Waals surface area (Å²) in [4.78, 5) is 66.8. The maximum absolute atomic E-state index is 13.2. The molecule has 2 saturated heterocycles. The van der Waals surface area contributed by atoms with Crippen molar-refractivity contribution in [1.82, 2.24) is 26.2 Å². The van der Waals surface area contributed by atoms with E-state index in [1.807, 2.05) is 44.2 Å². The molecule has 0 spiro atoms. The highest BCUT2D eigenvalue weighted by atomic mass is 16.5. The van der Waals surface area contributed by atoms with Crippen molar-refractivity contribution in [2.75, 3.05) is 26.2 Å². The maximum Gasteiger partial charge on any atom is 0.251 e. The SMILES string of the molecule is CC(C)[C@H]1NC(=O)[C@@H](C)NC(=O)[C@H](Cc2ccccc2)NC(=O)CCCN(C(=O)[C@@H]2CCCO2)CCCNC1=O. The van der Waals surface area contributed by atoms with Gasteiger partial charge in [-0.05, 0) is 44.1 Å². The van der Waals surface area contributed by atoms with Crippen molar-refractivity contribution in [3.63, 3.8) is 0 Å². The molecule has 3 rings (SSSR count). The van der Waals surface area contributed by atoms with Crippen molar-refractivity contribution in [1.29, 1.82) is 0 Å². The third-order valence-corrected chi connectivity index (χ3v) is 7.19. The molecule has 4 N–H and O–H groups in total. The van der Waals surface area contributed by atoms with Crippen molar-refractivity contribution in [2.45, 2.75) is 83.5 Å². The van der Waals surface area contributed by atoms with Crippen molar-refractivity contribution >= 4 is 29.5 Å². The summed E-state index contributed by atoms with van der Waals surface area (Å²) in [5.74, 6) is -1.94. The molecule has 4 atom stereocenters. The van der Waals surface area contributed by atoms with Gasteiger partial charge in [0.15, 0.2) is 0 Å². The number of carbonyl (C=O) groups excluding carboxylic acids is 5. The lowest BCUT2D eigenvalue weighted by Gasteiger charge is -2.27. The summed E-state index contributed by atoms with van der Waals surface area (Å²) in [6, 6.07) is 6.67. The van der Waals surface area contributed by atoms with E-state index in [9.17, 15) is 24.0 Å². The van der Waals surface area contributed by atoms with Crippen LogP contribution in [-0.2, 0) is 35.1 Å². The van der Waals surface area contributed by atoms with Gasteiger partial charge in [0.1, 0.15) is 24.2 Å². The molecule has 2 aliphatic heterocycles. The Morgan fingerprint density at radius 2 is 1.68 bits per heavy atom. The zero-order valence-corrected chi connectivity index (χ0v) is 23.7. The molecule has 0 aliphatic carbocycles. The molecule has 220 valence electrons. The number of amides is 5. The van der Waals surface area contributed by atoms with Crippen molar-refractivity contribution in [3.8, 4) is 0 Å². The molecule has 0 radical (unpaired) electrons. The Labute approximate surface area is 236 Å². The maximum atomic E-state index is 13.2. The van der Waals surface area contributed by atoms with E-state index in [-0.39, 0.29) is 36.5 Å². The quantitative estimate of drug-likeness (QED) is 0.428.